The molecule has 6 heteroatoms. The third-order valence-corrected chi connectivity index (χ3v) is 3.23. The van der Waals surface area contributed by atoms with E-state index in [1.165, 1.54) is 0 Å². The number of imide groups is 1. The lowest BCUT2D eigenvalue weighted by Crippen LogP contribution is -2.26. The molecule has 3 amide bonds. The molecule has 0 saturated carbocycles. The van der Waals surface area contributed by atoms with Gasteiger partial charge in [0, 0.05) is 5.56 Å². The molecule has 1 unspecified atom stereocenters. The molecule has 118 valence electrons. The summed E-state index contributed by atoms with van der Waals surface area (Å²) in [7, 11) is 0. The minimum absolute atomic E-state index is 0.428. The van der Waals surface area contributed by atoms with E-state index in [0.29, 0.717) is 0 Å². The standard InChI is InChI=1S/C18H14N4O2/c23-17-16(20-18(24)21-17)11-10-13-6-8-14(9-7-13)12-19-22-15-4-2-1-3-5-15/h1-9,12,16,22H,(H2,20,21,23,24)/b19-12-. The SMILES string of the molecule is O=C1NC(=O)C(C#Cc2ccc(/C=N\Nc3ccccc3)cc2)N1. The van der Waals surface area contributed by atoms with E-state index < -0.39 is 18.0 Å². The number of para-hydroxylation sites is 1. The molecule has 2 aromatic carbocycles. The number of hydrogen-bond acceptors (Lipinski definition) is 4. The number of nitrogens with zero attached hydrogens (tertiary/aromatic N) is 1. The summed E-state index contributed by atoms with van der Waals surface area (Å²) in [5.41, 5.74) is 5.51. The molecule has 1 aliphatic heterocycles. The largest absolute Gasteiger partial charge is 0.322 e. The van der Waals surface area contributed by atoms with Crippen molar-refractivity contribution in [1.82, 2.24) is 10.6 Å². The maximum atomic E-state index is 11.4. The van der Waals surface area contributed by atoms with Crippen molar-refractivity contribution in [3.05, 3.63) is 65.7 Å². The molecule has 2 aromatic rings. The Bertz CT molecular complexity index is 833. The number of hydrogen-bond donors (Lipinski definition) is 3. The third kappa shape index (κ3) is 3.99. The quantitative estimate of drug-likeness (QED) is 0.349. The maximum Gasteiger partial charge on any atom is 0.322 e. The summed E-state index contributed by atoms with van der Waals surface area (Å²) in [5, 5.41) is 8.72. The zero-order valence-electron chi connectivity index (χ0n) is 12.6. The molecule has 1 aliphatic rings. The topological polar surface area (TPSA) is 82.6 Å². The van der Waals surface area contributed by atoms with Crippen LogP contribution in [0.5, 0.6) is 0 Å². The summed E-state index contributed by atoms with van der Waals surface area (Å²) >= 11 is 0. The molecule has 1 atom stereocenters. The van der Waals surface area contributed by atoms with Gasteiger partial charge in [-0.25, -0.2) is 4.79 Å². The fourth-order valence-electron chi connectivity index (χ4n) is 2.02. The number of rotatable bonds is 3. The van der Waals surface area contributed by atoms with Gasteiger partial charge in [0.25, 0.3) is 5.91 Å². The molecule has 24 heavy (non-hydrogen) atoms. The number of benzene rings is 2. The molecule has 0 aliphatic carbocycles. The van der Waals surface area contributed by atoms with E-state index in [9.17, 15) is 9.59 Å². The third-order valence-electron chi connectivity index (χ3n) is 3.23. The molecule has 3 rings (SSSR count). The normalized spacial score (nSPS) is 16.2. The Morgan fingerprint density at radius 2 is 1.79 bits per heavy atom. The van der Waals surface area contributed by atoms with Crippen LogP contribution in [0.4, 0.5) is 10.5 Å². The van der Waals surface area contributed by atoms with Crippen LogP contribution in [-0.2, 0) is 4.79 Å². The van der Waals surface area contributed by atoms with Gasteiger partial charge in [0.15, 0.2) is 6.04 Å². The smallest absolute Gasteiger partial charge is 0.316 e. The van der Waals surface area contributed by atoms with Crippen LogP contribution >= 0.6 is 0 Å². The Morgan fingerprint density at radius 1 is 1.04 bits per heavy atom. The summed E-state index contributed by atoms with van der Waals surface area (Å²) in [5.74, 6) is 5.16. The van der Waals surface area contributed by atoms with Gasteiger partial charge in [-0.1, -0.05) is 42.2 Å². The predicted molar refractivity (Wildman–Crippen MR) is 91.4 cm³/mol. The second-order valence-electron chi connectivity index (χ2n) is 5.02. The van der Waals surface area contributed by atoms with Gasteiger partial charge < -0.3 is 5.32 Å². The first-order chi connectivity index (χ1) is 11.7. The van der Waals surface area contributed by atoms with Crippen molar-refractivity contribution in [2.75, 3.05) is 5.43 Å². The van der Waals surface area contributed by atoms with Crippen molar-refractivity contribution >= 4 is 23.8 Å². The fraction of sp³-hybridized carbons (Fsp3) is 0.0556. The lowest BCUT2D eigenvalue weighted by atomic mass is 10.1. The van der Waals surface area contributed by atoms with Crippen molar-refractivity contribution in [3.8, 4) is 11.8 Å². The minimum atomic E-state index is -0.797. The van der Waals surface area contributed by atoms with Crippen molar-refractivity contribution in [2.24, 2.45) is 5.10 Å². The van der Waals surface area contributed by atoms with Crippen LogP contribution in [0.1, 0.15) is 11.1 Å². The molecule has 0 bridgehead atoms. The number of carbonyl (C=O) groups excluding carboxylic acids is 2. The van der Waals surface area contributed by atoms with Crippen LogP contribution in [0.15, 0.2) is 59.7 Å². The summed E-state index contributed by atoms with van der Waals surface area (Å²) in [6.45, 7) is 0. The van der Waals surface area contributed by atoms with Crippen LogP contribution in [0.3, 0.4) is 0 Å². The molecule has 0 spiro atoms. The highest BCUT2D eigenvalue weighted by molar-refractivity contribution is 6.05. The second-order valence-corrected chi connectivity index (χ2v) is 5.02. The highest BCUT2D eigenvalue weighted by Gasteiger charge is 2.27. The fourth-order valence-corrected chi connectivity index (χ4v) is 2.02. The van der Waals surface area contributed by atoms with Crippen molar-refractivity contribution < 1.29 is 9.59 Å². The van der Waals surface area contributed by atoms with Gasteiger partial charge in [0.05, 0.1) is 11.9 Å². The van der Waals surface area contributed by atoms with Gasteiger partial charge in [0.2, 0.25) is 0 Å². The van der Waals surface area contributed by atoms with Crippen molar-refractivity contribution in [1.29, 1.82) is 0 Å². The Hall–Kier alpha value is -3.59. The van der Waals surface area contributed by atoms with Crippen molar-refractivity contribution in [3.63, 3.8) is 0 Å². The first-order valence-corrected chi connectivity index (χ1v) is 7.28. The average molecular weight is 318 g/mol. The molecular formula is C18H14N4O2. The monoisotopic (exact) mass is 318 g/mol. The van der Waals surface area contributed by atoms with Crippen molar-refractivity contribution in [2.45, 2.75) is 6.04 Å². The second kappa shape index (κ2) is 7.11. The molecule has 1 fully saturated rings. The predicted octanol–water partition coefficient (Wildman–Crippen LogP) is 1.69. The van der Waals surface area contributed by atoms with Crippen LogP contribution < -0.4 is 16.1 Å². The lowest BCUT2D eigenvalue weighted by Gasteiger charge is -1.99. The van der Waals surface area contributed by atoms with E-state index in [0.717, 1.165) is 16.8 Å². The number of anilines is 1. The summed E-state index contributed by atoms with van der Waals surface area (Å²) in [6.07, 6.45) is 1.70. The van der Waals surface area contributed by atoms with E-state index in [1.807, 2.05) is 54.6 Å². The summed E-state index contributed by atoms with van der Waals surface area (Å²) in [4.78, 5) is 22.4. The Labute approximate surface area is 139 Å². The molecule has 3 N–H and O–H groups in total. The van der Waals surface area contributed by atoms with Crippen LogP contribution in [0.25, 0.3) is 0 Å². The van der Waals surface area contributed by atoms with E-state index in [4.69, 9.17) is 0 Å². The summed E-state index contributed by atoms with van der Waals surface area (Å²) < 4.78 is 0. The average Bonchev–Trinajstić information content (AvgIpc) is 2.93. The summed E-state index contributed by atoms with van der Waals surface area (Å²) in [6, 6.07) is 15.7. The van der Waals surface area contributed by atoms with Gasteiger partial charge >= 0.3 is 6.03 Å². The van der Waals surface area contributed by atoms with E-state index in [2.05, 4.69) is 33.0 Å². The zero-order valence-corrected chi connectivity index (χ0v) is 12.6. The van der Waals surface area contributed by atoms with Crippen LogP contribution in [0.2, 0.25) is 0 Å². The number of carbonyl (C=O) groups is 2. The van der Waals surface area contributed by atoms with Crippen LogP contribution in [-0.4, -0.2) is 24.2 Å². The number of urea groups is 1. The van der Waals surface area contributed by atoms with Gasteiger partial charge in [0.1, 0.15) is 0 Å². The van der Waals surface area contributed by atoms with Gasteiger partial charge in [-0.3, -0.25) is 15.5 Å². The number of amides is 3. The highest BCUT2D eigenvalue weighted by Crippen LogP contribution is 2.05. The zero-order chi connectivity index (χ0) is 16.8. The molecule has 1 heterocycles. The molecular weight excluding hydrogens is 304 g/mol. The Kier molecular flexibility index (Phi) is 4.54. The minimum Gasteiger partial charge on any atom is -0.316 e. The van der Waals surface area contributed by atoms with E-state index >= 15 is 0 Å². The number of hydrazone groups is 1. The molecule has 0 radical (unpaired) electrons. The molecule has 0 aromatic heterocycles. The van der Waals surface area contributed by atoms with Gasteiger partial charge in [-0.2, -0.15) is 5.10 Å². The van der Waals surface area contributed by atoms with Gasteiger partial charge in [-0.05, 0) is 29.8 Å². The molecule has 6 nitrogen and oxygen atoms in total. The van der Waals surface area contributed by atoms with Crippen LogP contribution in [0, 0.1) is 11.8 Å². The first-order valence-electron chi connectivity index (χ1n) is 7.28. The Balaban J connectivity index is 1.60. The van der Waals surface area contributed by atoms with Gasteiger partial charge in [-0.15, -0.1) is 0 Å². The lowest BCUT2D eigenvalue weighted by molar-refractivity contribution is -0.119. The van der Waals surface area contributed by atoms with E-state index in [1.54, 1.807) is 6.21 Å². The highest BCUT2D eigenvalue weighted by atomic mass is 16.2. The first kappa shape index (κ1) is 15.3. The number of nitrogens with one attached hydrogen (secondary N) is 3. The van der Waals surface area contributed by atoms with E-state index in [-0.39, 0.29) is 0 Å². The Morgan fingerprint density at radius 3 is 2.46 bits per heavy atom. The molecule has 1 saturated heterocycles. The maximum absolute atomic E-state index is 11.4.